The van der Waals surface area contributed by atoms with Crippen molar-refractivity contribution in [2.24, 2.45) is 0 Å². The van der Waals surface area contributed by atoms with Crippen molar-refractivity contribution in [1.29, 1.82) is 0 Å². The molecule has 0 saturated carbocycles. The molecular weight excluding hydrogens is 254 g/mol. The van der Waals surface area contributed by atoms with Gasteiger partial charge < -0.3 is 0 Å². The molecule has 0 radical (unpaired) electrons. The Morgan fingerprint density at radius 1 is 1.21 bits per heavy atom. The van der Waals surface area contributed by atoms with Gasteiger partial charge in [-0.2, -0.15) is 8.78 Å². The van der Waals surface area contributed by atoms with Gasteiger partial charge in [-0.25, -0.2) is 0 Å². The van der Waals surface area contributed by atoms with Crippen molar-refractivity contribution in [2.45, 2.75) is 5.92 Å². The number of hydrogen-bond donors (Lipinski definition) is 0. The van der Waals surface area contributed by atoms with Crippen LogP contribution in [0.1, 0.15) is 11.1 Å². The summed E-state index contributed by atoms with van der Waals surface area (Å²) in [6.45, 7) is 0. The first-order valence-corrected chi connectivity index (χ1v) is 4.71. The quantitative estimate of drug-likeness (QED) is 0.699. The van der Waals surface area contributed by atoms with Crippen molar-refractivity contribution >= 4 is 27.8 Å². The van der Waals surface area contributed by atoms with Crippen LogP contribution in [-0.4, -0.2) is 5.78 Å². The highest BCUT2D eigenvalue weighted by Crippen LogP contribution is 2.37. The fraction of sp³-hybridized carbons (Fsp3) is 0.100. The van der Waals surface area contributed by atoms with E-state index in [9.17, 15) is 13.6 Å². The molecule has 1 aromatic rings. The zero-order chi connectivity index (χ0) is 10.3. The summed E-state index contributed by atoms with van der Waals surface area (Å²) in [5, 5.41) is 0. The first-order valence-electron chi connectivity index (χ1n) is 3.92. The third-order valence-corrected chi connectivity index (χ3v) is 2.57. The molecule has 0 atom stereocenters. The molecule has 1 aliphatic carbocycles. The SMILES string of the molecule is O=C1C=Cc2cc(Br)ccc2C1(F)F. The third-order valence-electron chi connectivity index (χ3n) is 2.08. The molecule has 2 rings (SSSR count). The van der Waals surface area contributed by atoms with Gasteiger partial charge in [0.15, 0.2) is 0 Å². The van der Waals surface area contributed by atoms with Crippen LogP contribution in [0.5, 0.6) is 0 Å². The number of alkyl halides is 2. The van der Waals surface area contributed by atoms with E-state index in [4.69, 9.17) is 0 Å². The lowest BCUT2D eigenvalue weighted by Gasteiger charge is -2.19. The highest BCUT2D eigenvalue weighted by atomic mass is 79.9. The van der Waals surface area contributed by atoms with E-state index in [1.54, 1.807) is 6.07 Å². The number of carbonyl (C=O) groups is 1. The van der Waals surface area contributed by atoms with E-state index < -0.39 is 11.7 Å². The molecule has 0 unspecified atom stereocenters. The van der Waals surface area contributed by atoms with Crippen molar-refractivity contribution < 1.29 is 13.6 Å². The molecule has 0 aliphatic heterocycles. The summed E-state index contributed by atoms with van der Waals surface area (Å²) < 4.78 is 27.3. The second kappa shape index (κ2) is 2.98. The topological polar surface area (TPSA) is 17.1 Å². The first kappa shape index (κ1) is 9.52. The summed E-state index contributed by atoms with van der Waals surface area (Å²) in [6.07, 6.45) is 2.31. The van der Waals surface area contributed by atoms with Gasteiger partial charge >= 0.3 is 5.92 Å². The maximum Gasteiger partial charge on any atom is 0.334 e. The molecule has 1 aliphatic rings. The fourth-order valence-electron chi connectivity index (χ4n) is 1.36. The number of halogens is 3. The van der Waals surface area contributed by atoms with Crippen molar-refractivity contribution in [3.63, 3.8) is 0 Å². The van der Waals surface area contributed by atoms with Gasteiger partial charge in [0.1, 0.15) is 0 Å². The Kier molecular flexibility index (Phi) is 2.03. The molecule has 0 amide bonds. The Labute approximate surface area is 87.6 Å². The van der Waals surface area contributed by atoms with Crippen LogP contribution < -0.4 is 0 Å². The van der Waals surface area contributed by atoms with Gasteiger partial charge in [0.2, 0.25) is 5.78 Å². The van der Waals surface area contributed by atoms with Gasteiger partial charge in [-0.3, -0.25) is 4.79 Å². The minimum Gasteiger partial charge on any atom is -0.288 e. The Hall–Kier alpha value is -1.03. The number of fused-ring (bicyclic) bond motifs is 1. The number of benzene rings is 1. The standard InChI is InChI=1S/C10H5BrF2O/c11-7-2-3-8-6(5-7)1-4-9(14)10(8,12)13/h1-5H. The normalized spacial score (nSPS) is 18.1. The molecule has 72 valence electrons. The minimum absolute atomic E-state index is 0.229. The number of carbonyl (C=O) groups excluding carboxylic acids is 1. The number of rotatable bonds is 0. The van der Waals surface area contributed by atoms with Crippen molar-refractivity contribution in [1.82, 2.24) is 0 Å². The Morgan fingerprint density at radius 3 is 2.64 bits per heavy atom. The predicted molar refractivity (Wildman–Crippen MR) is 52.1 cm³/mol. The van der Waals surface area contributed by atoms with Gasteiger partial charge in [-0.1, -0.05) is 28.1 Å². The third kappa shape index (κ3) is 1.30. The van der Waals surface area contributed by atoms with Crippen molar-refractivity contribution in [3.8, 4) is 0 Å². The molecular formula is C10H5BrF2O. The van der Waals surface area contributed by atoms with Crippen molar-refractivity contribution in [3.05, 3.63) is 39.9 Å². The molecule has 0 bridgehead atoms. The lowest BCUT2D eigenvalue weighted by atomic mass is 9.93. The summed E-state index contributed by atoms with van der Waals surface area (Å²) in [6, 6.07) is 4.33. The van der Waals surface area contributed by atoms with Crippen LogP contribution >= 0.6 is 15.9 Å². The van der Waals surface area contributed by atoms with Crippen LogP contribution in [-0.2, 0) is 10.7 Å². The Bertz CT molecular complexity index is 438. The van der Waals surface area contributed by atoms with Gasteiger partial charge in [-0.05, 0) is 23.8 Å². The van der Waals surface area contributed by atoms with E-state index in [1.807, 2.05) is 0 Å². The molecule has 0 aromatic heterocycles. The maximum absolute atomic E-state index is 13.3. The van der Waals surface area contributed by atoms with E-state index in [1.165, 1.54) is 18.2 Å². The van der Waals surface area contributed by atoms with Gasteiger partial charge in [0, 0.05) is 10.0 Å². The van der Waals surface area contributed by atoms with Crippen molar-refractivity contribution in [2.75, 3.05) is 0 Å². The Balaban J connectivity index is 2.67. The van der Waals surface area contributed by atoms with Crippen LogP contribution in [0.15, 0.2) is 28.7 Å². The molecule has 0 N–H and O–H groups in total. The molecule has 0 fully saturated rings. The zero-order valence-corrected chi connectivity index (χ0v) is 8.51. The summed E-state index contributed by atoms with van der Waals surface area (Å²) in [7, 11) is 0. The van der Waals surface area contributed by atoms with E-state index in [-0.39, 0.29) is 5.56 Å². The van der Waals surface area contributed by atoms with Crippen LogP contribution in [0.4, 0.5) is 8.78 Å². The second-order valence-corrected chi connectivity index (χ2v) is 3.92. The molecule has 1 aromatic carbocycles. The maximum atomic E-state index is 13.3. The molecule has 0 heterocycles. The average Bonchev–Trinajstić information content (AvgIpc) is 2.12. The predicted octanol–water partition coefficient (Wildman–Crippen LogP) is 3.14. The lowest BCUT2D eigenvalue weighted by molar-refractivity contribution is -0.139. The van der Waals surface area contributed by atoms with Crippen LogP contribution in [0, 0.1) is 0 Å². The number of ketones is 1. The summed E-state index contributed by atoms with van der Waals surface area (Å²) in [5.41, 5.74) is 0.150. The van der Waals surface area contributed by atoms with E-state index in [0.717, 1.165) is 6.08 Å². The second-order valence-electron chi connectivity index (χ2n) is 3.00. The fourth-order valence-corrected chi connectivity index (χ4v) is 1.74. The summed E-state index contributed by atoms with van der Waals surface area (Å²) in [5.74, 6) is -4.54. The van der Waals surface area contributed by atoms with Crippen LogP contribution in [0.3, 0.4) is 0 Å². The first-order chi connectivity index (χ1) is 6.51. The van der Waals surface area contributed by atoms with Gasteiger partial charge in [0.05, 0.1) is 0 Å². The molecule has 1 nitrogen and oxygen atoms in total. The largest absolute Gasteiger partial charge is 0.334 e. The van der Waals surface area contributed by atoms with E-state index in [0.29, 0.717) is 10.0 Å². The summed E-state index contributed by atoms with van der Waals surface area (Å²) in [4.78, 5) is 10.9. The highest BCUT2D eigenvalue weighted by Gasteiger charge is 2.42. The number of hydrogen-bond acceptors (Lipinski definition) is 1. The van der Waals surface area contributed by atoms with Crippen LogP contribution in [0.25, 0.3) is 6.08 Å². The molecule has 14 heavy (non-hydrogen) atoms. The van der Waals surface area contributed by atoms with E-state index in [2.05, 4.69) is 15.9 Å². The Morgan fingerprint density at radius 2 is 1.93 bits per heavy atom. The lowest BCUT2D eigenvalue weighted by Crippen LogP contribution is -2.27. The molecule has 0 spiro atoms. The molecule has 4 heteroatoms. The number of allylic oxidation sites excluding steroid dienone is 1. The smallest absolute Gasteiger partial charge is 0.288 e. The van der Waals surface area contributed by atoms with Crippen LogP contribution in [0.2, 0.25) is 0 Å². The average molecular weight is 259 g/mol. The monoisotopic (exact) mass is 258 g/mol. The van der Waals surface area contributed by atoms with Gasteiger partial charge in [-0.15, -0.1) is 0 Å². The summed E-state index contributed by atoms with van der Waals surface area (Å²) >= 11 is 3.18. The molecule has 0 saturated heterocycles. The minimum atomic E-state index is -3.38. The zero-order valence-electron chi connectivity index (χ0n) is 6.93. The highest BCUT2D eigenvalue weighted by molar-refractivity contribution is 9.10. The van der Waals surface area contributed by atoms with Gasteiger partial charge in [0.25, 0.3) is 0 Å². The van der Waals surface area contributed by atoms with E-state index >= 15 is 0 Å².